The lowest BCUT2D eigenvalue weighted by molar-refractivity contribution is 0.0921. The summed E-state index contributed by atoms with van der Waals surface area (Å²) in [4.78, 5) is 15.7. The van der Waals surface area contributed by atoms with E-state index >= 15 is 0 Å². The van der Waals surface area contributed by atoms with Crippen molar-refractivity contribution in [1.82, 2.24) is 4.98 Å². The molecule has 0 radical (unpaired) electrons. The Morgan fingerprint density at radius 3 is 2.89 bits per heavy atom. The van der Waals surface area contributed by atoms with Crippen LogP contribution in [-0.2, 0) is 0 Å². The topological polar surface area (TPSA) is 39.2 Å². The maximum atomic E-state index is 11.8. The standard InChI is InChI=1S/C14H12ClNO2/c1-10-7-12(4-5-13(10)15)18-9-14(17)11-3-2-6-16-8-11/h2-8H,9H2,1H3. The number of hydrogen-bond donors (Lipinski definition) is 0. The number of nitrogens with zero attached hydrogens (tertiary/aromatic N) is 1. The van der Waals surface area contributed by atoms with Gasteiger partial charge in [0.15, 0.2) is 6.61 Å². The summed E-state index contributed by atoms with van der Waals surface area (Å²) >= 11 is 5.91. The zero-order valence-corrected chi connectivity index (χ0v) is 10.6. The van der Waals surface area contributed by atoms with Crippen molar-refractivity contribution in [2.24, 2.45) is 0 Å². The highest BCUT2D eigenvalue weighted by atomic mass is 35.5. The maximum Gasteiger partial charge on any atom is 0.201 e. The monoisotopic (exact) mass is 261 g/mol. The van der Waals surface area contributed by atoms with Crippen molar-refractivity contribution in [1.29, 1.82) is 0 Å². The molecule has 3 nitrogen and oxygen atoms in total. The maximum absolute atomic E-state index is 11.8. The number of ether oxygens (including phenoxy) is 1. The third-order valence-electron chi connectivity index (χ3n) is 2.48. The van der Waals surface area contributed by atoms with Crippen LogP contribution in [0.3, 0.4) is 0 Å². The van der Waals surface area contributed by atoms with Gasteiger partial charge in [0.25, 0.3) is 0 Å². The highest BCUT2D eigenvalue weighted by molar-refractivity contribution is 6.31. The molecule has 2 rings (SSSR count). The molecule has 0 saturated carbocycles. The zero-order valence-electron chi connectivity index (χ0n) is 9.89. The Bertz CT molecular complexity index is 555. The minimum absolute atomic E-state index is 0.00718. The molecule has 0 aliphatic rings. The van der Waals surface area contributed by atoms with Crippen molar-refractivity contribution in [3.63, 3.8) is 0 Å². The van der Waals surface area contributed by atoms with Crippen molar-refractivity contribution in [3.05, 3.63) is 58.9 Å². The van der Waals surface area contributed by atoms with Crippen LogP contribution in [0.1, 0.15) is 15.9 Å². The van der Waals surface area contributed by atoms with E-state index in [0.29, 0.717) is 16.3 Å². The fraction of sp³-hybridized carbons (Fsp3) is 0.143. The van der Waals surface area contributed by atoms with Crippen molar-refractivity contribution >= 4 is 17.4 Å². The SMILES string of the molecule is Cc1cc(OCC(=O)c2cccnc2)ccc1Cl. The molecule has 0 atom stereocenters. The summed E-state index contributed by atoms with van der Waals surface area (Å²) in [5, 5.41) is 0.681. The Labute approximate surface area is 110 Å². The van der Waals surface area contributed by atoms with E-state index in [1.807, 2.05) is 6.92 Å². The number of rotatable bonds is 4. The number of aromatic nitrogens is 1. The average Bonchev–Trinajstić information content (AvgIpc) is 2.41. The van der Waals surface area contributed by atoms with Gasteiger partial charge in [0.05, 0.1) is 0 Å². The second-order valence-electron chi connectivity index (χ2n) is 3.86. The van der Waals surface area contributed by atoms with E-state index in [2.05, 4.69) is 4.98 Å². The first-order valence-corrected chi connectivity index (χ1v) is 5.87. The van der Waals surface area contributed by atoms with E-state index in [1.165, 1.54) is 6.20 Å². The summed E-state index contributed by atoms with van der Waals surface area (Å²) in [5.41, 5.74) is 1.46. The van der Waals surface area contributed by atoms with Crippen LogP contribution < -0.4 is 4.74 Å². The molecule has 0 amide bonds. The molecule has 0 bridgehead atoms. The number of benzene rings is 1. The van der Waals surface area contributed by atoms with Crippen molar-refractivity contribution in [3.8, 4) is 5.75 Å². The normalized spacial score (nSPS) is 10.1. The number of Topliss-reactive ketones (excluding diaryl/α,β-unsaturated/α-hetero) is 1. The second-order valence-corrected chi connectivity index (χ2v) is 4.27. The number of carbonyl (C=O) groups is 1. The Morgan fingerprint density at radius 2 is 2.22 bits per heavy atom. The molecular weight excluding hydrogens is 250 g/mol. The molecular formula is C14H12ClNO2. The number of pyridine rings is 1. The average molecular weight is 262 g/mol. The third-order valence-corrected chi connectivity index (χ3v) is 2.91. The van der Waals surface area contributed by atoms with Gasteiger partial charge in [0, 0.05) is 23.0 Å². The minimum atomic E-state index is -0.101. The number of carbonyl (C=O) groups excluding carboxylic acids is 1. The van der Waals surface area contributed by atoms with Crippen LogP contribution in [0.25, 0.3) is 0 Å². The molecule has 92 valence electrons. The van der Waals surface area contributed by atoms with Crippen LogP contribution in [0.15, 0.2) is 42.7 Å². The highest BCUT2D eigenvalue weighted by Crippen LogP contribution is 2.21. The van der Waals surface area contributed by atoms with Crippen molar-refractivity contribution in [2.45, 2.75) is 6.92 Å². The second kappa shape index (κ2) is 5.65. The molecule has 2 aromatic rings. The summed E-state index contributed by atoms with van der Waals surface area (Å²) < 4.78 is 5.42. The van der Waals surface area contributed by atoms with E-state index in [0.717, 1.165) is 5.56 Å². The van der Waals surface area contributed by atoms with Gasteiger partial charge in [-0.3, -0.25) is 9.78 Å². The Kier molecular flexibility index (Phi) is 3.95. The van der Waals surface area contributed by atoms with Gasteiger partial charge in [-0.2, -0.15) is 0 Å². The molecule has 0 saturated heterocycles. The van der Waals surface area contributed by atoms with Crippen LogP contribution in [0.4, 0.5) is 0 Å². The van der Waals surface area contributed by atoms with Gasteiger partial charge < -0.3 is 4.74 Å². The molecule has 1 aromatic heterocycles. The number of halogens is 1. The first kappa shape index (κ1) is 12.6. The lowest BCUT2D eigenvalue weighted by Gasteiger charge is -2.06. The Hall–Kier alpha value is -1.87. The summed E-state index contributed by atoms with van der Waals surface area (Å²) in [6, 6.07) is 8.73. The summed E-state index contributed by atoms with van der Waals surface area (Å²) in [7, 11) is 0. The summed E-state index contributed by atoms with van der Waals surface area (Å²) in [6.45, 7) is 1.88. The summed E-state index contributed by atoms with van der Waals surface area (Å²) in [6.07, 6.45) is 3.15. The lowest BCUT2D eigenvalue weighted by atomic mass is 10.2. The Morgan fingerprint density at radius 1 is 1.39 bits per heavy atom. The molecule has 0 aliphatic heterocycles. The van der Waals surface area contributed by atoms with E-state index < -0.39 is 0 Å². The number of hydrogen-bond acceptors (Lipinski definition) is 3. The molecule has 1 aromatic carbocycles. The largest absolute Gasteiger partial charge is 0.485 e. The number of aryl methyl sites for hydroxylation is 1. The Balaban J connectivity index is 1.99. The van der Waals surface area contributed by atoms with E-state index in [4.69, 9.17) is 16.3 Å². The van der Waals surface area contributed by atoms with Crippen LogP contribution in [-0.4, -0.2) is 17.4 Å². The molecule has 4 heteroatoms. The van der Waals surface area contributed by atoms with Gasteiger partial charge in [0.2, 0.25) is 5.78 Å². The van der Waals surface area contributed by atoms with E-state index in [9.17, 15) is 4.79 Å². The van der Waals surface area contributed by atoms with Gasteiger partial charge in [-0.25, -0.2) is 0 Å². The fourth-order valence-corrected chi connectivity index (χ4v) is 1.58. The first-order valence-electron chi connectivity index (χ1n) is 5.49. The van der Waals surface area contributed by atoms with Gasteiger partial charge >= 0.3 is 0 Å². The van der Waals surface area contributed by atoms with Crippen LogP contribution in [0.5, 0.6) is 5.75 Å². The fourth-order valence-electron chi connectivity index (χ4n) is 1.47. The van der Waals surface area contributed by atoms with Gasteiger partial charge in [-0.05, 0) is 42.8 Å². The first-order chi connectivity index (χ1) is 8.66. The van der Waals surface area contributed by atoms with Crippen molar-refractivity contribution < 1.29 is 9.53 Å². The summed E-state index contributed by atoms with van der Waals surface area (Å²) in [5.74, 6) is 0.532. The predicted octanol–water partition coefficient (Wildman–Crippen LogP) is 3.31. The quantitative estimate of drug-likeness (QED) is 0.793. The van der Waals surface area contributed by atoms with Crippen LogP contribution in [0.2, 0.25) is 5.02 Å². The minimum Gasteiger partial charge on any atom is -0.485 e. The zero-order chi connectivity index (χ0) is 13.0. The molecule has 0 spiro atoms. The van der Waals surface area contributed by atoms with Gasteiger partial charge in [-0.1, -0.05) is 11.6 Å². The molecule has 0 unspecified atom stereocenters. The lowest BCUT2D eigenvalue weighted by Crippen LogP contribution is -2.11. The van der Waals surface area contributed by atoms with E-state index in [1.54, 1.807) is 36.5 Å². The molecule has 0 fully saturated rings. The molecule has 1 heterocycles. The highest BCUT2D eigenvalue weighted by Gasteiger charge is 2.07. The molecule has 0 N–H and O–H groups in total. The van der Waals surface area contributed by atoms with Gasteiger partial charge in [0.1, 0.15) is 5.75 Å². The third kappa shape index (κ3) is 3.08. The van der Waals surface area contributed by atoms with Gasteiger partial charge in [-0.15, -0.1) is 0 Å². The van der Waals surface area contributed by atoms with Crippen molar-refractivity contribution in [2.75, 3.05) is 6.61 Å². The van der Waals surface area contributed by atoms with Crippen LogP contribution in [0, 0.1) is 6.92 Å². The molecule has 18 heavy (non-hydrogen) atoms. The van der Waals surface area contributed by atoms with Crippen LogP contribution >= 0.6 is 11.6 Å². The van der Waals surface area contributed by atoms with E-state index in [-0.39, 0.29) is 12.4 Å². The number of ketones is 1. The smallest absolute Gasteiger partial charge is 0.201 e. The molecule has 0 aliphatic carbocycles. The predicted molar refractivity (Wildman–Crippen MR) is 70.3 cm³/mol.